The van der Waals surface area contributed by atoms with E-state index in [-0.39, 0.29) is 5.69 Å². The molecule has 0 saturated heterocycles. The quantitative estimate of drug-likeness (QED) is 0.514. The van der Waals surface area contributed by atoms with Gasteiger partial charge >= 0.3 is 0 Å². The number of nitrogens with zero attached hydrogens (tertiary/aromatic N) is 3. The highest BCUT2D eigenvalue weighted by molar-refractivity contribution is 9.10. The number of nitro groups is 1. The van der Waals surface area contributed by atoms with Crippen LogP contribution in [0, 0.1) is 24.0 Å². The molecule has 106 valence electrons. The minimum absolute atomic E-state index is 0.0712. The molecular formula is C15H12BrN3O2. The third-order valence-corrected chi connectivity index (χ3v) is 3.87. The Balaban J connectivity index is 2.26. The van der Waals surface area contributed by atoms with Crippen molar-refractivity contribution in [2.24, 2.45) is 0 Å². The van der Waals surface area contributed by atoms with Crippen LogP contribution in [0.2, 0.25) is 0 Å². The van der Waals surface area contributed by atoms with Crippen LogP contribution >= 0.6 is 15.9 Å². The Bertz CT molecular complexity index is 871. The summed E-state index contributed by atoms with van der Waals surface area (Å²) in [5.41, 5.74) is 4.44. The molecule has 2 heterocycles. The van der Waals surface area contributed by atoms with Gasteiger partial charge in [0.2, 0.25) is 0 Å². The van der Waals surface area contributed by atoms with Crippen molar-refractivity contribution < 1.29 is 4.92 Å². The van der Waals surface area contributed by atoms with Crippen molar-refractivity contribution in [3.63, 3.8) is 0 Å². The smallest absolute Gasteiger partial charge is 0.270 e. The fraction of sp³-hybridized carbons (Fsp3) is 0.133. The zero-order valence-corrected chi connectivity index (χ0v) is 13.1. The second-order valence-electron chi connectivity index (χ2n) is 4.89. The summed E-state index contributed by atoms with van der Waals surface area (Å²) in [7, 11) is 0. The van der Waals surface area contributed by atoms with Crippen molar-refractivity contribution in [1.82, 2.24) is 9.38 Å². The molecule has 0 spiro atoms. The summed E-state index contributed by atoms with van der Waals surface area (Å²) in [5.74, 6) is 0. The van der Waals surface area contributed by atoms with Gasteiger partial charge in [-0.25, -0.2) is 4.98 Å². The molecular weight excluding hydrogens is 334 g/mol. The summed E-state index contributed by atoms with van der Waals surface area (Å²) >= 11 is 3.48. The molecule has 0 aliphatic carbocycles. The van der Waals surface area contributed by atoms with Crippen LogP contribution in [0.4, 0.5) is 5.69 Å². The summed E-state index contributed by atoms with van der Waals surface area (Å²) in [6, 6.07) is 8.56. The van der Waals surface area contributed by atoms with Crippen molar-refractivity contribution in [2.75, 3.05) is 0 Å². The predicted octanol–water partition coefficient (Wildman–Crippen LogP) is 4.29. The second-order valence-corrected chi connectivity index (χ2v) is 5.80. The molecule has 0 amide bonds. The Hall–Kier alpha value is -2.21. The molecule has 1 aromatic carbocycles. The number of nitro benzene ring substituents is 1. The van der Waals surface area contributed by atoms with E-state index in [0.29, 0.717) is 0 Å². The topological polar surface area (TPSA) is 60.4 Å². The van der Waals surface area contributed by atoms with E-state index >= 15 is 0 Å². The fourth-order valence-electron chi connectivity index (χ4n) is 2.42. The van der Waals surface area contributed by atoms with E-state index in [1.165, 1.54) is 6.07 Å². The zero-order chi connectivity index (χ0) is 15.1. The highest BCUT2D eigenvalue weighted by Crippen LogP contribution is 2.28. The summed E-state index contributed by atoms with van der Waals surface area (Å²) in [5, 5.41) is 10.9. The monoisotopic (exact) mass is 345 g/mol. The van der Waals surface area contributed by atoms with E-state index in [4.69, 9.17) is 0 Å². The Kier molecular flexibility index (Phi) is 3.25. The van der Waals surface area contributed by atoms with Crippen molar-refractivity contribution in [3.05, 3.63) is 62.4 Å². The summed E-state index contributed by atoms with van der Waals surface area (Å²) in [4.78, 5) is 15.2. The molecule has 3 aromatic rings. The molecule has 5 nitrogen and oxygen atoms in total. The lowest BCUT2D eigenvalue weighted by atomic mass is 10.1. The van der Waals surface area contributed by atoms with Gasteiger partial charge in [-0.05, 0) is 41.4 Å². The number of hydrogen-bond donors (Lipinski definition) is 0. The van der Waals surface area contributed by atoms with Gasteiger partial charge in [0.1, 0.15) is 5.65 Å². The maximum Gasteiger partial charge on any atom is 0.270 e. The van der Waals surface area contributed by atoms with Gasteiger partial charge in [0, 0.05) is 34.1 Å². The first-order valence-corrected chi connectivity index (χ1v) is 7.16. The number of pyridine rings is 1. The van der Waals surface area contributed by atoms with Crippen LogP contribution < -0.4 is 0 Å². The first-order chi connectivity index (χ1) is 9.97. The van der Waals surface area contributed by atoms with E-state index in [2.05, 4.69) is 20.9 Å². The van der Waals surface area contributed by atoms with Gasteiger partial charge in [-0.1, -0.05) is 12.1 Å². The Morgan fingerprint density at radius 1 is 1.29 bits per heavy atom. The Morgan fingerprint density at radius 2 is 2.05 bits per heavy atom. The average molecular weight is 346 g/mol. The van der Waals surface area contributed by atoms with Gasteiger partial charge < -0.3 is 4.40 Å². The van der Waals surface area contributed by atoms with E-state index < -0.39 is 4.92 Å². The van der Waals surface area contributed by atoms with Gasteiger partial charge in [-0.2, -0.15) is 0 Å². The van der Waals surface area contributed by atoms with Crippen LogP contribution in [-0.2, 0) is 0 Å². The SMILES string of the molecule is Cc1cc(Br)cn2c(C)c(-c3cccc([N+](=O)[O-])c3)nc12. The van der Waals surface area contributed by atoms with Gasteiger partial charge in [0.25, 0.3) is 5.69 Å². The molecule has 0 radical (unpaired) electrons. The highest BCUT2D eigenvalue weighted by Gasteiger charge is 2.15. The average Bonchev–Trinajstić information content (AvgIpc) is 2.77. The number of aryl methyl sites for hydroxylation is 2. The van der Waals surface area contributed by atoms with Crippen LogP contribution in [0.15, 0.2) is 41.0 Å². The number of halogens is 1. The van der Waals surface area contributed by atoms with Gasteiger partial charge in [-0.3, -0.25) is 10.1 Å². The van der Waals surface area contributed by atoms with E-state index in [0.717, 1.165) is 32.6 Å². The summed E-state index contributed by atoms with van der Waals surface area (Å²) < 4.78 is 2.96. The summed E-state index contributed by atoms with van der Waals surface area (Å²) in [6.07, 6.45) is 1.95. The Morgan fingerprint density at radius 3 is 2.76 bits per heavy atom. The number of aromatic nitrogens is 2. The zero-order valence-electron chi connectivity index (χ0n) is 11.5. The van der Waals surface area contributed by atoms with Crippen molar-refractivity contribution in [1.29, 1.82) is 0 Å². The van der Waals surface area contributed by atoms with Crippen LogP contribution in [0.25, 0.3) is 16.9 Å². The number of hydrogen-bond acceptors (Lipinski definition) is 3. The number of rotatable bonds is 2. The van der Waals surface area contributed by atoms with Crippen molar-refractivity contribution >= 4 is 27.3 Å². The lowest BCUT2D eigenvalue weighted by molar-refractivity contribution is -0.384. The Labute approximate surface area is 129 Å². The molecule has 0 aliphatic heterocycles. The van der Waals surface area contributed by atoms with Crippen LogP contribution in [0.5, 0.6) is 0 Å². The molecule has 0 fully saturated rings. The molecule has 0 aliphatic rings. The van der Waals surface area contributed by atoms with Gasteiger partial charge in [-0.15, -0.1) is 0 Å². The number of benzene rings is 1. The molecule has 0 unspecified atom stereocenters. The predicted molar refractivity (Wildman–Crippen MR) is 84.5 cm³/mol. The van der Waals surface area contributed by atoms with Crippen LogP contribution in [0.1, 0.15) is 11.3 Å². The standard InChI is InChI=1S/C15H12BrN3O2/c1-9-6-12(16)8-18-10(2)14(17-15(9)18)11-4-3-5-13(7-11)19(20)21/h3-8H,1-2H3. The molecule has 3 rings (SSSR count). The van der Waals surface area contributed by atoms with E-state index in [1.807, 2.05) is 36.6 Å². The number of non-ortho nitro benzene ring substituents is 1. The fourth-order valence-corrected chi connectivity index (χ4v) is 2.97. The highest BCUT2D eigenvalue weighted by atomic mass is 79.9. The first-order valence-electron chi connectivity index (χ1n) is 6.37. The normalized spacial score (nSPS) is 11.0. The molecule has 0 saturated carbocycles. The van der Waals surface area contributed by atoms with Gasteiger partial charge in [0.15, 0.2) is 0 Å². The third kappa shape index (κ3) is 2.31. The second kappa shape index (κ2) is 4.96. The molecule has 2 aromatic heterocycles. The number of imidazole rings is 1. The van der Waals surface area contributed by atoms with Crippen LogP contribution in [-0.4, -0.2) is 14.3 Å². The van der Waals surface area contributed by atoms with Gasteiger partial charge in [0.05, 0.1) is 10.6 Å². The molecule has 0 atom stereocenters. The lowest BCUT2D eigenvalue weighted by Crippen LogP contribution is -1.91. The van der Waals surface area contributed by atoms with Crippen LogP contribution in [0.3, 0.4) is 0 Å². The maximum absolute atomic E-state index is 10.9. The van der Waals surface area contributed by atoms with Crippen molar-refractivity contribution in [3.8, 4) is 11.3 Å². The molecule has 0 bridgehead atoms. The largest absolute Gasteiger partial charge is 0.302 e. The minimum Gasteiger partial charge on any atom is -0.302 e. The van der Waals surface area contributed by atoms with Crippen molar-refractivity contribution in [2.45, 2.75) is 13.8 Å². The van der Waals surface area contributed by atoms with E-state index in [9.17, 15) is 10.1 Å². The summed E-state index contributed by atoms with van der Waals surface area (Å²) in [6.45, 7) is 3.95. The lowest BCUT2D eigenvalue weighted by Gasteiger charge is -2.01. The number of fused-ring (bicyclic) bond motifs is 1. The molecule has 0 N–H and O–H groups in total. The molecule has 21 heavy (non-hydrogen) atoms. The van der Waals surface area contributed by atoms with E-state index in [1.54, 1.807) is 12.1 Å². The first kappa shape index (κ1) is 13.8. The minimum atomic E-state index is -0.392. The third-order valence-electron chi connectivity index (χ3n) is 3.44. The maximum atomic E-state index is 10.9. The molecule has 6 heteroatoms.